The SMILES string of the molecule is CCn1c(Br)nc2ccc(C#N)cc21. The molecule has 0 N–H and O–H groups in total. The molecule has 0 aliphatic rings. The number of hydrogen-bond donors (Lipinski definition) is 0. The maximum atomic E-state index is 8.78. The van der Waals surface area contributed by atoms with E-state index < -0.39 is 0 Å². The largest absolute Gasteiger partial charge is 0.319 e. The lowest BCUT2D eigenvalue weighted by atomic mass is 10.2. The second-order valence-corrected chi connectivity index (χ2v) is 3.65. The number of rotatable bonds is 1. The lowest BCUT2D eigenvalue weighted by Crippen LogP contribution is -1.93. The van der Waals surface area contributed by atoms with Gasteiger partial charge in [0.05, 0.1) is 22.7 Å². The highest BCUT2D eigenvalue weighted by Crippen LogP contribution is 2.20. The predicted octanol–water partition coefficient (Wildman–Crippen LogP) is 2.69. The van der Waals surface area contributed by atoms with E-state index in [4.69, 9.17) is 5.26 Å². The molecular weight excluding hydrogens is 242 g/mol. The summed E-state index contributed by atoms with van der Waals surface area (Å²) < 4.78 is 2.83. The quantitative estimate of drug-likeness (QED) is 0.780. The van der Waals surface area contributed by atoms with Crippen molar-refractivity contribution in [1.29, 1.82) is 5.26 Å². The fraction of sp³-hybridized carbons (Fsp3) is 0.200. The van der Waals surface area contributed by atoms with Crippen LogP contribution in [0.5, 0.6) is 0 Å². The van der Waals surface area contributed by atoms with Gasteiger partial charge in [-0.05, 0) is 41.1 Å². The van der Waals surface area contributed by atoms with Gasteiger partial charge >= 0.3 is 0 Å². The molecule has 2 rings (SSSR count). The zero-order valence-corrected chi connectivity index (χ0v) is 9.24. The van der Waals surface area contributed by atoms with Crippen molar-refractivity contribution in [1.82, 2.24) is 9.55 Å². The molecule has 0 radical (unpaired) electrons. The van der Waals surface area contributed by atoms with Crippen LogP contribution in [-0.2, 0) is 6.54 Å². The molecule has 0 fully saturated rings. The Hall–Kier alpha value is -1.34. The third-order valence-electron chi connectivity index (χ3n) is 2.15. The average Bonchev–Trinajstić information content (AvgIpc) is 2.52. The second kappa shape index (κ2) is 3.43. The number of aromatic nitrogens is 2. The van der Waals surface area contributed by atoms with Gasteiger partial charge in [0.1, 0.15) is 0 Å². The van der Waals surface area contributed by atoms with E-state index >= 15 is 0 Å². The summed E-state index contributed by atoms with van der Waals surface area (Å²) >= 11 is 3.39. The van der Waals surface area contributed by atoms with E-state index in [-0.39, 0.29) is 0 Å². The number of nitrogens with zero attached hydrogens (tertiary/aromatic N) is 3. The zero-order valence-electron chi connectivity index (χ0n) is 7.66. The van der Waals surface area contributed by atoms with Crippen molar-refractivity contribution in [2.75, 3.05) is 0 Å². The highest BCUT2D eigenvalue weighted by Gasteiger charge is 2.06. The van der Waals surface area contributed by atoms with E-state index in [1.807, 2.05) is 23.6 Å². The minimum absolute atomic E-state index is 0.666. The van der Waals surface area contributed by atoms with Crippen molar-refractivity contribution < 1.29 is 0 Å². The van der Waals surface area contributed by atoms with Crippen molar-refractivity contribution in [3.63, 3.8) is 0 Å². The van der Waals surface area contributed by atoms with E-state index in [2.05, 4.69) is 27.0 Å². The standard InChI is InChI=1S/C10H8BrN3/c1-2-14-9-5-7(6-12)3-4-8(9)13-10(14)11/h3-5H,2H2,1H3. The number of benzene rings is 1. The molecule has 0 atom stereocenters. The number of aryl methyl sites for hydroxylation is 1. The number of hydrogen-bond acceptors (Lipinski definition) is 2. The van der Waals surface area contributed by atoms with Crippen LogP contribution in [-0.4, -0.2) is 9.55 Å². The third kappa shape index (κ3) is 1.30. The zero-order chi connectivity index (χ0) is 10.1. The number of imidazole rings is 1. The first-order valence-corrected chi connectivity index (χ1v) is 5.11. The summed E-state index contributed by atoms with van der Waals surface area (Å²) in [5.74, 6) is 0. The van der Waals surface area contributed by atoms with Gasteiger partial charge in [-0.25, -0.2) is 4.98 Å². The minimum Gasteiger partial charge on any atom is -0.319 e. The van der Waals surface area contributed by atoms with Gasteiger partial charge in [0.25, 0.3) is 0 Å². The summed E-state index contributed by atoms with van der Waals surface area (Å²) in [6.07, 6.45) is 0. The summed E-state index contributed by atoms with van der Waals surface area (Å²) in [6.45, 7) is 2.89. The smallest absolute Gasteiger partial charge is 0.178 e. The maximum absolute atomic E-state index is 8.78. The molecule has 0 unspecified atom stereocenters. The lowest BCUT2D eigenvalue weighted by Gasteiger charge is -1.99. The normalized spacial score (nSPS) is 10.4. The molecule has 70 valence electrons. The van der Waals surface area contributed by atoms with E-state index in [0.717, 1.165) is 22.3 Å². The Morgan fingerprint density at radius 1 is 1.57 bits per heavy atom. The highest BCUT2D eigenvalue weighted by molar-refractivity contribution is 9.10. The van der Waals surface area contributed by atoms with E-state index in [0.29, 0.717) is 5.56 Å². The first-order valence-electron chi connectivity index (χ1n) is 4.32. The van der Waals surface area contributed by atoms with Gasteiger partial charge in [-0.1, -0.05) is 0 Å². The molecule has 1 heterocycles. The number of fused-ring (bicyclic) bond motifs is 1. The Morgan fingerprint density at radius 3 is 3.00 bits per heavy atom. The molecule has 0 aliphatic heterocycles. The maximum Gasteiger partial charge on any atom is 0.178 e. The van der Waals surface area contributed by atoms with Crippen molar-refractivity contribution in [3.05, 3.63) is 28.5 Å². The predicted molar refractivity (Wildman–Crippen MR) is 57.8 cm³/mol. The van der Waals surface area contributed by atoms with E-state index in [1.165, 1.54) is 0 Å². The van der Waals surface area contributed by atoms with Crippen molar-refractivity contribution in [2.24, 2.45) is 0 Å². The minimum atomic E-state index is 0.666. The van der Waals surface area contributed by atoms with Gasteiger partial charge in [0, 0.05) is 6.54 Å². The van der Waals surface area contributed by atoms with Gasteiger partial charge in [-0.2, -0.15) is 5.26 Å². The van der Waals surface area contributed by atoms with Crippen LogP contribution in [0.3, 0.4) is 0 Å². The Bertz CT molecular complexity index is 522. The van der Waals surface area contributed by atoms with E-state index in [1.54, 1.807) is 6.07 Å². The van der Waals surface area contributed by atoms with Crippen LogP contribution in [0.25, 0.3) is 11.0 Å². The van der Waals surface area contributed by atoms with Crippen LogP contribution in [0.4, 0.5) is 0 Å². The summed E-state index contributed by atoms with van der Waals surface area (Å²) in [6, 6.07) is 7.63. The van der Waals surface area contributed by atoms with Gasteiger partial charge in [-0.15, -0.1) is 0 Å². The summed E-state index contributed by atoms with van der Waals surface area (Å²) in [5.41, 5.74) is 2.58. The average molecular weight is 250 g/mol. The van der Waals surface area contributed by atoms with Crippen molar-refractivity contribution >= 4 is 27.0 Å². The Balaban J connectivity index is 2.79. The summed E-state index contributed by atoms with van der Waals surface area (Å²) in [7, 11) is 0. The second-order valence-electron chi connectivity index (χ2n) is 2.94. The summed E-state index contributed by atoms with van der Waals surface area (Å²) in [4.78, 5) is 4.33. The molecule has 0 amide bonds. The molecule has 0 aliphatic carbocycles. The van der Waals surface area contributed by atoms with Crippen LogP contribution in [0.1, 0.15) is 12.5 Å². The van der Waals surface area contributed by atoms with Crippen molar-refractivity contribution in [2.45, 2.75) is 13.5 Å². The van der Waals surface area contributed by atoms with Gasteiger partial charge in [-0.3, -0.25) is 0 Å². The molecular formula is C10H8BrN3. The van der Waals surface area contributed by atoms with Crippen LogP contribution in [0.15, 0.2) is 22.9 Å². The third-order valence-corrected chi connectivity index (χ3v) is 2.75. The monoisotopic (exact) mass is 249 g/mol. The first kappa shape index (κ1) is 9.22. The van der Waals surface area contributed by atoms with Crippen LogP contribution in [0.2, 0.25) is 0 Å². The molecule has 1 aromatic heterocycles. The fourth-order valence-corrected chi connectivity index (χ4v) is 2.10. The molecule has 0 bridgehead atoms. The van der Waals surface area contributed by atoms with Crippen LogP contribution >= 0.6 is 15.9 Å². The van der Waals surface area contributed by atoms with Crippen LogP contribution in [0, 0.1) is 11.3 Å². The number of halogens is 1. The molecule has 0 saturated heterocycles. The Labute approximate surface area is 90.1 Å². The van der Waals surface area contributed by atoms with Gasteiger partial charge in [0.2, 0.25) is 0 Å². The molecule has 2 aromatic rings. The lowest BCUT2D eigenvalue weighted by molar-refractivity contribution is 0.765. The van der Waals surface area contributed by atoms with Crippen LogP contribution < -0.4 is 0 Å². The molecule has 0 spiro atoms. The fourth-order valence-electron chi connectivity index (χ4n) is 1.46. The molecule has 14 heavy (non-hydrogen) atoms. The summed E-state index contributed by atoms with van der Waals surface area (Å²) in [5, 5.41) is 8.78. The molecule has 1 aromatic carbocycles. The number of nitriles is 1. The molecule has 3 nitrogen and oxygen atoms in total. The molecule has 4 heteroatoms. The Kier molecular flexibility index (Phi) is 2.26. The van der Waals surface area contributed by atoms with Gasteiger partial charge < -0.3 is 4.57 Å². The van der Waals surface area contributed by atoms with Crippen molar-refractivity contribution in [3.8, 4) is 6.07 Å². The molecule has 0 saturated carbocycles. The van der Waals surface area contributed by atoms with E-state index in [9.17, 15) is 0 Å². The highest BCUT2D eigenvalue weighted by atomic mass is 79.9. The van der Waals surface area contributed by atoms with Gasteiger partial charge in [0.15, 0.2) is 4.73 Å². The Morgan fingerprint density at radius 2 is 2.36 bits per heavy atom. The topological polar surface area (TPSA) is 41.6 Å². The first-order chi connectivity index (χ1) is 6.76.